The van der Waals surface area contributed by atoms with Gasteiger partial charge in [-0.15, -0.1) is 0 Å². The lowest BCUT2D eigenvalue weighted by Crippen LogP contribution is -2.22. The van der Waals surface area contributed by atoms with Crippen LogP contribution in [0.5, 0.6) is 0 Å². The summed E-state index contributed by atoms with van der Waals surface area (Å²) < 4.78 is 0. The topological polar surface area (TPSA) is 97.3 Å². The fourth-order valence-corrected chi connectivity index (χ4v) is 2.26. The van der Waals surface area contributed by atoms with Crippen LogP contribution in [0.15, 0.2) is 12.1 Å². The Balaban J connectivity index is 1.80. The van der Waals surface area contributed by atoms with E-state index >= 15 is 0 Å². The fourth-order valence-electron chi connectivity index (χ4n) is 2.26. The average Bonchev–Trinajstić information content (AvgIpc) is 2.87. The molecule has 0 aliphatic carbocycles. The van der Waals surface area contributed by atoms with Gasteiger partial charge in [0.1, 0.15) is 11.6 Å². The Kier molecular flexibility index (Phi) is 4.51. The van der Waals surface area contributed by atoms with Gasteiger partial charge in [-0.25, -0.2) is 4.98 Å². The van der Waals surface area contributed by atoms with E-state index in [0.29, 0.717) is 5.82 Å². The molecule has 7 nitrogen and oxygen atoms in total. The van der Waals surface area contributed by atoms with Gasteiger partial charge in [0, 0.05) is 6.54 Å². The third-order valence-corrected chi connectivity index (χ3v) is 3.20. The maximum atomic E-state index is 10.7. The molecule has 1 saturated heterocycles. The number of nitrogens with two attached hydrogens (primary N) is 1. The summed E-state index contributed by atoms with van der Waals surface area (Å²) in [5.41, 5.74) is 5.50. The molecule has 0 radical (unpaired) electrons. The van der Waals surface area contributed by atoms with Gasteiger partial charge in [0.25, 0.3) is 5.69 Å². The Morgan fingerprint density at radius 3 is 2.84 bits per heavy atom. The zero-order valence-electron chi connectivity index (χ0n) is 10.8. The van der Waals surface area contributed by atoms with Gasteiger partial charge in [-0.05, 0) is 38.9 Å². The molecule has 0 amide bonds. The third-order valence-electron chi connectivity index (χ3n) is 3.20. The van der Waals surface area contributed by atoms with E-state index in [1.165, 1.54) is 38.1 Å². The minimum atomic E-state index is -0.465. The molecular formula is C12H19N5O2. The number of hydrogen-bond acceptors (Lipinski definition) is 6. The van der Waals surface area contributed by atoms with Crippen molar-refractivity contribution in [1.82, 2.24) is 9.88 Å². The molecular weight excluding hydrogens is 246 g/mol. The van der Waals surface area contributed by atoms with Gasteiger partial charge >= 0.3 is 0 Å². The molecule has 0 saturated carbocycles. The highest BCUT2D eigenvalue weighted by atomic mass is 16.6. The van der Waals surface area contributed by atoms with Crippen LogP contribution < -0.4 is 11.1 Å². The van der Waals surface area contributed by atoms with Crippen LogP contribution in [-0.2, 0) is 0 Å². The van der Waals surface area contributed by atoms with Crippen LogP contribution in [0, 0.1) is 10.1 Å². The van der Waals surface area contributed by atoms with Gasteiger partial charge in [0.15, 0.2) is 0 Å². The molecule has 7 heteroatoms. The third kappa shape index (κ3) is 4.06. The van der Waals surface area contributed by atoms with E-state index < -0.39 is 4.92 Å². The quantitative estimate of drug-likeness (QED) is 0.459. The van der Waals surface area contributed by atoms with Gasteiger partial charge in [0.05, 0.1) is 17.1 Å². The lowest BCUT2D eigenvalue weighted by Gasteiger charge is -2.14. The zero-order chi connectivity index (χ0) is 13.7. The van der Waals surface area contributed by atoms with Crippen LogP contribution in [0.4, 0.5) is 17.3 Å². The van der Waals surface area contributed by atoms with Gasteiger partial charge in [0.2, 0.25) is 0 Å². The Morgan fingerprint density at radius 1 is 1.42 bits per heavy atom. The summed E-state index contributed by atoms with van der Waals surface area (Å²) >= 11 is 0. The van der Waals surface area contributed by atoms with Crippen LogP contribution in [-0.4, -0.2) is 41.0 Å². The normalized spacial score (nSPS) is 15.6. The molecule has 0 atom stereocenters. The lowest BCUT2D eigenvalue weighted by atomic mass is 10.3. The van der Waals surface area contributed by atoms with E-state index in [1.807, 2.05) is 0 Å². The Bertz CT molecular complexity index is 446. The van der Waals surface area contributed by atoms with Crippen molar-refractivity contribution in [3.8, 4) is 0 Å². The van der Waals surface area contributed by atoms with Crippen molar-refractivity contribution in [2.24, 2.45) is 0 Å². The summed E-state index contributed by atoms with van der Waals surface area (Å²) in [6, 6.07) is 2.67. The van der Waals surface area contributed by atoms with E-state index in [-0.39, 0.29) is 11.5 Å². The van der Waals surface area contributed by atoms with Crippen LogP contribution in [0.2, 0.25) is 0 Å². The number of nitrogen functional groups attached to an aromatic ring is 1. The second-order valence-corrected chi connectivity index (χ2v) is 4.72. The number of hydrogen-bond donors (Lipinski definition) is 2. The minimum absolute atomic E-state index is 0.0328. The first-order valence-electron chi connectivity index (χ1n) is 6.53. The highest BCUT2D eigenvalue weighted by Gasteiger charge is 2.11. The standard InChI is InChI=1S/C12H19N5O2/c13-11-8-10(17(18)19)9-12(15-11)14-4-3-7-16-5-1-2-6-16/h8-9H,1-7H2,(H3,13,14,15). The summed E-state index contributed by atoms with van der Waals surface area (Å²) in [4.78, 5) is 16.7. The van der Waals surface area contributed by atoms with E-state index in [0.717, 1.165) is 19.5 Å². The SMILES string of the molecule is Nc1cc([N+](=O)[O-])cc(NCCCN2CCCC2)n1. The molecule has 0 unspecified atom stereocenters. The van der Waals surface area contributed by atoms with Crippen LogP contribution in [0.25, 0.3) is 0 Å². The van der Waals surface area contributed by atoms with Crippen molar-refractivity contribution < 1.29 is 4.92 Å². The number of likely N-dealkylation sites (tertiary alicyclic amines) is 1. The molecule has 0 spiro atoms. The van der Waals surface area contributed by atoms with E-state index in [2.05, 4.69) is 15.2 Å². The number of anilines is 2. The van der Waals surface area contributed by atoms with Crippen LogP contribution >= 0.6 is 0 Å². The predicted molar refractivity (Wildman–Crippen MR) is 74.1 cm³/mol. The van der Waals surface area contributed by atoms with Crippen molar-refractivity contribution in [3.63, 3.8) is 0 Å². The second-order valence-electron chi connectivity index (χ2n) is 4.72. The number of nitro groups is 1. The number of nitrogens with zero attached hydrogens (tertiary/aromatic N) is 3. The molecule has 1 aliphatic heterocycles. The van der Waals surface area contributed by atoms with E-state index in [1.54, 1.807) is 0 Å². The van der Waals surface area contributed by atoms with Gasteiger partial charge < -0.3 is 16.0 Å². The summed E-state index contributed by atoms with van der Waals surface area (Å²) in [5, 5.41) is 13.8. The molecule has 0 bridgehead atoms. The second kappa shape index (κ2) is 6.33. The molecule has 1 aromatic heterocycles. The predicted octanol–water partition coefficient (Wildman–Crippen LogP) is 1.47. The minimum Gasteiger partial charge on any atom is -0.383 e. The lowest BCUT2D eigenvalue weighted by molar-refractivity contribution is -0.384. The maximum absolute atomic E-state index is 10.7. The van der Waals surface area contributed by atoms with E-state index in [4.69, 9.17) is 5.73 Å². The summed E-state index contributed by atoms with van der Waals surface area (Å²) in [5.74, 6) is 0.629. The maximum Gasteiger partial charge on any atom is 0.276 e. The van der Waals surface area contributed by atoms with Crippen LogP contribution in [0.1, 0.15) is 19.3 Å². The molecule has 19 heavy (non-hydrogen) atoms. The van der Waals surface area contributed by atoms with Crippen molar-refractivity contribution in [2.75, 3.05) is 37.2 Å². The molecule has 2 rings (SSSR count). The smallest absolute Gasteiger partial charge is 0.276 e. The molecule has 3 N–H and O–H groups in total. The van der Waals surface area contributed by atoms with Gasteiger partial charge in [-0.2, -0.15) is 0 Å². The molecule has 1 aliphatic rings. The Labute approximate surface area is 112 Å². The number of pyridine rings is 1. The first kappa shape index (κ1) is 13.5. The first-order valence-corrected chi connectivity index (χ1v) is 6.53. The number of nitrogens with one attached hydrogen (secondary N) is 1. The molecule has 0 aromatic carbocycles. The molecule has 2 heterocycles. The van der Waals surface area contributed by atoms with Gasteiger partial charge in [-0.1, -0.05) is 0 Å². The van der Waals surface area contributed by atoms with Crippen molar-refractivity contribution >= 4 is 17.3 Å². The highest BCUT2D eigenvalue weighted by molar-refractivity contribution is 5.52. The average molecular weight is 265 g/mol. The summed E-state index contributed by atoms with van der Waals surface area (Å²) in [6.07, 6.45) is 3.57. The molecule has 104 valence electrons. The largest absolute Gasteiger partial charge is 0.383 e. The summed E-state index contributed by atoms with van der Waals surface area (Å²) in [6.45, 7) is 4.16. The molecule has 1 aromatic rings. The van der Waals surface area contributed by atoms with E-state index in [9.17, 15) is 10.1 Å². The number of rotatable bonds is 6. The zero-order valence-corrected chi connectivity index (χ0v) is 10.8. The highest BCUT2D eigenvalue weighted by Crippen LogP contribution is 2.18. The molecule has 1 fully saturated rings. The number of aromatic nitrogens is 1. The van der Waals surface area contributed by atoms with Crippen LogP contribution in [0.3, 0.4) is 0 Å². The van der Waals surface area contributed by atoms with Gasteiger partial charge in [-0.3, -0.25) is 10.1 Å². The van der Waals surface area contributed by atoms with Crippen molar-refractivity contribution in [3.05, 3.63) is 22.2 Å². The van der Waals surface area contributed by atoms with Crippen molar-refractivity contribution in [1.29, 1.82) is 0 Å². The fraction of sp³-hybridized carbons (Fsp3) is 0.583. The summed E-state index contributed by atoms with van der Waals surface area (Å²) in [7, 11) is 0. The Hall–Kier alpha value is -1.89. The Morgan fingerprint density at radius 2 is 2.16 bits per heavy atom. The first-order chi connectivity index (χ1) is 9.15. The van der Waals surface area contributed by atoms with Crippen molar-refractivity contribution in [2.45, 2.75) is 19.3 Å². The monoisotopic (exact) mass is 265 g/mol.